The summed E-state index contributed by atoms with van der Waals surface area (Å²) in [4.78, 5) is 2.54. The van der Waals surface area contributed by atoms with Gasteiger partial charge in [0.15, 0.2) is 18.3 Å². The Kier molecular flexibility index (Phi) is 4.83. The third-order valence-electron chi connectivity index (χ3n) is 8.27. The molecule has 32 heavy (non-hydrogen) atoms. The molecule has 0 saturated carbocycles. The Labute approximate surface area is 189 Å². The van der Waals surface area contributed by atoms with Crippen LogP contribution in [0.5, 0.6) is 11.5 Å². The molecule has 1 N–H and O–H groups in total. The lowest BCUT2D eigenvalue weighted by atomic mass is 9.52. The van der Waals surface area contributed by atoms with E-state index in [1.54, 1.807) is 7.11 Å². The van der Waals surface area contributed by atoms with Crippen molar-refractivity contribution in [2.24, 2.45) is 11.8 Å². The number of benzene rings is 2. The van der Waals surface area contributed by atoms with Gasteiger partial charge in [-0.05, 0) is 55.6 Å². The minimum atomic E-state index is 0.0109. The predicted molar refractivity (Wildman–Crippen MR) is 122 cm³/mol. The second-order valence-electron chi connectivity index (χ2n) is 9.81. The highest BCUT2D eigenvalue weighted by Gasteiger charge is 2.64. The molecule has 4 aliphatic rings. The average Bonchev–Trinajstić information content (AvgIpc) is 3.17. The lowest BCUT2D eigenvalue weighted by molar-refractivity contribution is -0.0180. The van der Waals surface area contributed by atoms with Crippen LogP contribution in [-0.2, 0) is 29.6 Å². The molecule has 2 heterocycles. The van der Waals surface area contributed by atoms with Gasteiger partial charge in [-0.15, -0.1) is 0 Å². The second-order valence-corrected chi connectivity index (χ2v) is 9.81. The minimum absolute atomic E-state index is 0.0109. The summed E-state index contributed by atoms with van der Waals surface area (Å²) in [6.07, 6.45) is 8.10. The molecule has 2 bridgehead atoms. The van der Waals surface area contributed by atoms with Crippen LogP contribution < -0.4 is 9.47 Å². The first-order valence-corrected chi connectivity index (χ1v) is 11.7. The third kappa shape index (κ3) is 2.81. The van der Waals surface area contributed by atoms with Crippen molar-refractivity contribution in [3.8, 4) is 11.5 Å². The van der Waals surface area contributed by atoms with E-state index in [0.717, 1.165) is 42.9 Å². The van der Waals surface area contributed by atoms with E-state index in [-0.39, 0.29) is 24.9 Å². The molecule has 1 saturated heterocycles. The first-order chi connectivity index (χ1) is 15.7. The Morgan fingerprint density at radius 3 is 2.72 bits per heavy atom. The number of likely N-dealkylation sites (tertiary alicyclic amines) is 1. The molecular formula is C27H31NO4. The molecule has 1 spiro atoms. The highest BCUT2D eigenvalue weighted by atomic mass is 16.7. The minimum Gasteiger partial charge on any atom is -0.485 e. The van der Waals surface area contributed by atoms with Crippen LogP contribution in [0.15, 0.2) is 48.6 Å². The summed E-state index contributed by atoms with van der Waals surface area (Å²) in [5.41, 5.74) is 5.06. The smallest absolute Gasteiger partial charge is 0.188 e. The Morgan fingerprint density at radius 2 is 1.94 bits per heavy atom. The SMILES string of the molecule is COCOc1ccc2c3c1O[C@H]1[C@@H](Cc4ccc(CO)cc4)C=C[C@H]4[C@@H](C2)N(C)CC[C@@]341. The van der Waals surface area contributed by atoms with Crippen LogP contribution in [0.2, 0.25) is 0 Å². The Morgan fingerprint density at radius 1 is 1.12 bits per heavy atom. The lowest BCUT2D eigenvalue weighted by Crippen LogP contribution is -2.64. The summed E-state index contributed by atoms with van der Waals surface area (Å²) >= 11 is 0. The number of hydrogen-bond acceptors (Lipinski definition) is 5. The summed E-state index contributed by atoms with van der Waals surface area (Å²) in [6, 6.07) is 13.2. The fraction of sp³-hybridized carbons (Fsp3) is 0.481. The molecule has 2 aliphatic carbocycles. The largest absolute Gasteiger partial charge is 0.485 e. The maximum Gasteiger partial charge on any atom is 0.188 e. The van der Waals surface area contributed by atoms with E-state index in [9.17, 15) is 5.11 Å². The fourth-order valence-corrected chi connectivity index (χ4v) is 6.82. The number of rotatable bonds is 6. The van der Waals surface area contributed by atoms with Crippen LogP contribution in [0.3, 0.4) is 0 Å². The van der Waals surface area contributed by atoms with Crippen LogP contribution >= 0.6 is 0 Å². The Balaban J connectivity index is 1.43. The van der Waals surface area contributed by atoms with Gasteiger partial charge in [-0.25, -0.2) is 0 Å². The fourth-order valence-electron chi connectivity index (χ4n) is 6.82. The summed E-state index contributed by atoms with van der Waals surface area (Å²) in [5, 5.41) is 9.38. The quantitative estimate of drug-likeness (QED) is 0.559. The first kappa shape index (κ1) is 20.3. The molecule has 168 valence electrons. The maximum atomic E-state index is 9.38. The molecule has 6 rings (SSSR count). The number of piperidine rings is 1. The van der Waals surface area contributed by atoms with Gasteiger partial charge in [0.05, 0.1) is 6.61 Å². The van der Waals surface area contributed by atoms with E-state index in [4.69, 9.17) is 14.2 Å². The van der Waals surface area contributed by atoms with Crippen molar-refractivity contribution in [1.82, 2.24) is 4.90 Å². The van der Waals surface area contributed by atoms with Gasteiger partial charge in [0.25, 0.3) is 0 Å². The summed E-state index contributed by atoms with van der Waals surface area (Å²) in [5.74, 6) is 2.51. The van der Waals surface area contributed by atoms with Gasteiger partial charge in [0.1, 0.15) is 6.10 Å². The topological polar surface area (TPSA) is 51.2 Å². The van der Waals surface area contributed by atoms with E-state index in [1.165, 1.54) is 16.7 Å². The molecular weight excluding hydrogens is 402 g/mol. The first-order valence-electron chi connectivity index (χ1n) is 11.7. The normalized spacial score (nSPS) is 31.8. The monoisotopic (exact) mass is 433 g/mol. The van der Waals surface area contributed by atoms with Crippen LogP contribution in [0.4, 0.5) is 0 Å². The maximum absolute atomic E-state index is 9.38. The van der Waals surface area contributed by atoms with E-state index in [1.807, 2.05) is 12.1 Å². The molecule has 0 amide bonds. The molecule has 0 aromatic heterocycles. The number of aliphatic hydroxyl groups excluding tert-OH is 1. The van der Waals surface area contributed by atoms with Crippen molar-refractivity contribution in [1.29, 1.82) is 0 Å². The van der Waals surface area contributed by atoms with E-state index in [0.29, 0.717) is 17.9 Å². The number of nitrogens with zero attached hydrogens (tertiary/aromatic N) is 1. The lowest BCUT2D eigenvalue weighted by Gasteiger charge is -2.57. The highest BCUT2D eigenvalue weighted by Crippen LogP contribution is 2.63. The van der Waals surface area contributed by atoms with Crippen molar-refractivity contribution in [2.45, 2.75) is 43.4 Å². The molecule has 5 heteroatoms. The van der Waals surface area contributed by atoms with E-state index < -0.39 is 0 Å². The number of hydrogen-bond donors (Lipinski definition) is 1. The predicted octanol–water partition coefficient (Wildman–Crippen LogP) is 3.47. The number of likely N-dealkylation sites (N-methyl/N-ethyl adjacent to an activating group) is 1. The number of ether oxygens (including phenoxy) is 3. The Hall–Kier alpha value is -2.34. The van der Waals surface area contributed by atoms with Gasteiger partial charge in [-0.1, -0.05) is 42.5 Å². The van der Waals surface area contributed by atoms with Crippen molar-refractivity contribution >= 4 is 0 Å². The second kappa shape index (κ2) is 7.62. The summed E-state index contributed by atoms with van der Waals surface area (Å²) < 4.78 is 18.0. The van der Waals surface area contributed by atoms with Gasteiger partial charge >= 0.3 is 0 Å². The van der Waals surface area contributed by atoms with Gasteiger partial charge in [0.2, 0.25) is 0 Å². The molecule has 2 aromatic rings. The Bertz CT molecular complexity index is 1050. The standard InChI is InChI=1S/C27H31NO4/c1-28-12-11-27-21-9-7-20(13-17-3-5-18(15-29)6-4-17)26(27)32-25-23(31-16-30-2)10-8-19(24(25)27)14-22(21)28/h3-10,20-22,26,29H,11-16H2,1-2H3/t20-,21+,22-,26+,27+/m1/s1. The summed E-state index contributed by atoms with van der Waals surface area (Å²) in [6.45, 7) is 1.40. The van der Waals surface area contributed by atoms with Crippen molar-refractivity contribution < 1.29 is 19.3 Å². The summed E-state index contributed by atoms with van der Waals surface area (Å²) in [7, 11) is 3.92. The van der Waals surface area contributed by atoms with Crippen LogP contribution in [-0.4, -0.2) is 49.6 Å². The third-order valence-corrected chi connectivity index (χ3v) is 8.27. The molecule has 2 aliphatic heterocycles. The van der Waals surface area contributed by atoms with E-state index in [2.05, 4.69) is 48.4 Å². The average molecular weight is 434 g/mol. The van der Waals surface area contributed by atoms with Crippen LogP contribution in [0, 0.1) is 11.8 Å². The number of aliphatic hydroxyl groups is 1. The molecule has 1 fully saturated rings. The van der Waals surface area contributed by atoms with Gasteiger partial charge in [-0.3, -0.25) is 0 Å². The van der Waals surface area contributed by atoms with E-state index >= 15 is 0 Å². The van der Waals surface area contributed by atoms with Crippen molar-refractivity contribution in [3.05, 3.63) is 70.8 Å². The van der Waals surface area contributed by atoms with Crippen molar-refractivity contribution in [3.63, 3.8) is 0 Å². The zero-order chi connectivity index (χ0) is 21.9. The highest BCUT2D eigenvalue weighted by molar-refractivity contribution is 5.62. The van der Waals surface area contributed by atoms with Crippen molar-refractivity contribution in [2.75, 3.05) is 27.5 Å². The van der Waals surface area contributed by atoms with Crippen LogP contribution in [0.1, 0.15) is 28.7 Å². The molecule has 5 atom stereocenters. The van der Waals surface area contributed by atoms with Gasteiger partial charge < -0.3 is 24.2 Å². The number of methoxy groups -OCH3 is 1. The molecule has 0 radical (unpaired) electrons. The zero-order valence-corrected chi connectivity index (χ0v) is 18.8. The molecule has 0 unspecified atom stereocenters. The van der Waals surface area contributed by atoms with Crippen LogP contribution in [0.25, 0.3) is 0 Å². The molecule has 5 nitrogen and oxygen atoms in total. The molecule has 2 aromatic carbocycles. The zero-order valence-electron chi connectivity index (χ0n) is 18.8. The van der Waals surface area contributed by atoms with Gasteiger partial charge in [-0.2, -0.15) is 0 Å². The van der Waals surface area contributed by atoms with Gasteiger partial charge in [0, 0.05) is 36.0 Å².